The second-order valence-electron chi connectivity index (χ2n) is 3.54. The molecule has 3 rings (SSSR count). The Bertz CT molecular complexity index is 527. The first-order valence-electron chi connectivity index (χ1n) is 5.11. The number of para-hydroxylation sites is 1. The first-order valence-corrected chi connectivity index (χ1v) is 8.20. The number of rotatable bonds is 1. The van der Waals surface area contributed by atoms with Gasteiger partial charge in [0.25, 0.3) is 0 Å². The third-order valence-electron chi connectivity index (χ3n) is 2.63. The van der Waals surface area contributed by atoms with E-state index in [2.05, 4.69) is 48.7 Å². The van der Waals surface area contributed by atoms with Crippen molar-refractivity contribution in [1.82, 2.24) is 0 Å². The molecule has 3 heteroatoms. The van der Waals surface area contributed by atoms with Crippen LogP contribution < -0.4 is 9.83 Å². The smallest absolute Gasteiger partial charge is 0.180 e. The maximum atomic E-state index is 6.04. The summed E-state index contributed by atoms with van der Waals surface area (Å²) >= 11 is 1.79. The van der Waals surface area contributed by atoms with Crippen LogP contribution in [-0.2, 0) is 0 Å². The van der Waals surface area contributed by atoms with Gasteiger partial charge in [-0.15, -0.1) is 0 Å². The van der Waals surface area contributed by atoms with Gasteiger partial charge < -0.3 is 4.52 Å². The molecule has 1 heterocycles. The Balaban J connectivity index is 2.24. The summed E-state index contributed by atoms with van der Waals surface area (Å²) in [5.74, 6) is 1.02. The molecule has 0 saturated heterocycles. The van der Waals surface area contributed by atoms with Gasteiger partial charge in [0.15, 0.2) is 7.35 Å². The van der Waals surface area contributed by atoms with Crippen LogP contribution in [0.2, 0.25) is 0 Å². The molecule has 1 unspecified atom stereocenters. The highest BCUT2D eigenvalue weighted by atomic mass is 32.7. The van der Waals surface area contributed by atoms with Gasteiger partial charge in [-0.1, -0.05) is 47.8 Å². The van der Waals surface area contributed by atoms with Crippen LogP contribution in [0.15, 0.2) is 48.5 Å². The number of fused-ring (bicyclic) bond motifs is 3. The molecular formula is C13H11OPS. The quantitative estimate of drug-likeness (QED) is 0.702. The summed E-state index contributed by atoms with van der Waals surface area (Å²) in [6, 6.07) is 16.8. The third-order valence-corrected chi connectivity index (χ3v) is 5.91. The number of hydrogen-bond acceptors (Lipinski definition) is 2. The predicted molar refractivity (Wildman–Crippen MR) is 72.6 cm³/mol. The molecule has 0 N–H and O–H groups in total. The molecule has 2 aromatic rings. The van der Waals surface area contributed by atoms with Crippen LogP contribution in [-0.4, -0.2) is 6.26 Å². The van der Waals surface area contributed by atoms with E-state index in [0.29, 0.717) is 0 Å². The van der Waals surface area contributed by atoms with Crippen LogP contribution in [0.3, 0.4) is 0 Å². The molecule has 80 valence electrons. The van der Waals surface area contributed by atoms with Gasteiger partial charge in [-0.2, -0.15) is 0 Å². The lowest BCUT2D eigenvalue weighted by Gasteiger charge is -2.26. The van der Waals surface area contributed by atoms with E-state index >= 15 is 0 Å². The highest BCUT2D eigenvalue weighted by Gasteiger charge is 2.24. The highest BCUT2D eigenvalue weighted by molar-refractivity contribution is 8.56. The molecular weight excluding hydrogens is 235 g/mol. The lowest BCUT2D eigenvalue weighted by Crippen LogP contribution is -2.11. The minimum atomic E-state index is -0.555. The van der Waals surface area contributed by atoms with Gasteiger partial charge in [0.2, 0.25) is 0 Å². The molecule has 1 aliphatic rings. The zero-order chi connectivity index (χ0) is 11.0. The summed E-state index contributed by atoms with van der Waals surface area (Å²) in [4.78, 5) is 0. The van der Waals surface area contributed by atoms with Gasteiger partial charge in [-0.3, -0.25) is 0 Å². The molecule has 2 aromatic carbocycles. The fraction of sp³-hybridized carbons (Fsp3) is 0.0769. The minimum absolute atomic E-state index is 0.555. The Morgan fingerprint density at radius 1 is 0.938 bits per heavy atom. The molecule has 0 bridgehead atoms. The molecule has 0 aromatic heterocycles. The fourth-order valence-electron chi connectivity index (χ4n) is 1.90. The lowest BCUT2D eigenvalue weighted by atomic mass is 10.0. The molecule has 0 radical (unpaired) electrons. The monoisotopic (exact) mass is 246 g/mol. The molecule has 0 aliphatic carbocycles. The maximum absolute atomic E-state index is 6.04. The number of hydrogen-bond donors (Lipinski definition) is 0. The largest absolute Gasteiger partial charge is 0.458 e. The van der Waals surface area contributed by atoms with Crippen LogP contribution in [0.1, 0.15) is 0 Å². The van der Waals surface area contributed by atoms with Crippen molar-refractivity contribution in [2.75, 3.05) is 6.26 Å². The van der Waals surface area contributed by atoms with E-state index in [1.165, 1.54) is 16.4 Å². The molecule has 0 saturated carbocycles. The summed E-state index contributed by atoms with van der Waals surface area (Å²) in [6.07, 6.45) is 2.11. The van der Waals surface area contributed by atoms with Crippen molar-refractivity contribution in [2.24, 2.45) is 0 Å². The SMILES string of the molecule is CSP1Oc2ccccc2-c2ccccc21. The topological polar surface area (TPSA) is 9.23 Å². The first kappa shape index (κ1) is 10.2. The van der Waals surface area contributed by atoms with Gasteiger partial charge in [0.05, 0.1) is 0 Å². The van der Waals surface area contributed by atoms with E-state index < -0.39 is 7.35 Å². The second kappa shape index (κ2) is 4.12. The Labute approximate surface area is 100 Å². The summed E-state index contributed by atoms with van der Waals surface area (Å²) in [6.45, 7) is 0. The summed E-state index contributed by atoms with van der Waals surface area (Å²) in [5, 5.41) is 1.34. The Morgan fingerprint density at radius 3 is 2.44 bits per heavy atom. The highest BCUT2D eigenvalue weighted by Crippen LogP contribution is 2.55. The van der Waals surface area contributed by atoms with Crippen molar-refractivity contribution in [2.45, 2.75) is 0 Å². The van der Waals surface area contributed by atoms with Gasteiger partial charge in [0, 0.05) is 10.9 Å². The van der Waals surface area contributed by atoms with Crippen LogP contribution >= 0.6 is 18.7 Å². The van der Waals surface area contributed by atoms with E-state index in [0.717, 1.165) is 5.75 Å². The van der Waals surface area contributed by atoms with Crippen molar-refractivity contribution in [3.05, 3.63) is 48.5 Å². The van der Waals surface area contributed by atoms with Crippen LogP contribution in [0.25, 0.3) is 11.1 Å². The minimum Gasteiger partial charge on any atom is -0.458 e. The van der Waals surface area contributed by atoms with Crippen LogP contribution in [0.4, 0.5) is 0 Å². The van der Waals surface area contributed by atoms with E-state index in [-0.39, 0.29) is 0 Å². The molecule has 0 amide bonds. The maximum Gasteiger partial charge on any atom is 0.180 e. The zero-order valence-corrected chi connectivity index (χ0v) is 10.6. The van der Waals surface area contributed by atoms with E-state index in [4.69, 9.17) is 4.52 Å². The van der Waals surface area contributed by atoms with Crippen LogP contribution in [0.5, 0.6) is 5.75 Å². The first-order chi connectivity index (χ1) is 7.90. The molecule has 1 aliphatic heterocycles. The average molecular weight is 246 g/mol. The Morgan fingerprint density at radius 2 is 1.62 bits per heavy atom. The van der Waals surface area contributed by atoms with Crippen molar-refractivity contribution >= 4 is 24.0 Å². The fourth-order valence-corrected chi connectivity index (χ4v) is 4.74. The molecule has 0 fully saturated rings. The second-order valence-corrected chi connectivity index (χ2v) is 7.18. The zero-order valence-electron chi connectivity index (χ0n) is 8.88. The van der Waals surface area contributed by atoms with Gasteiger partial charge in [-0.25, -0.2) is 0 Å². The van der Waals surface area contributed by atoms with Crippen molar-refractivity contribution in [1.29, 1.82) is 0 Å². The van der Waals surface area contributed by atoms with E-state index in [1.54, 1.807) is 11.4 Å². The van der Waals surface area contributed by atoms with Crippen molar-refractivity contribution in [3.63, 3.8) is 0 Å². The Kier molecular flexibility index (Phi) is 2.62. The standard InChI is InChI=1S/C13H11OPS/c1-16-15-13-9-5-3-7-11(13)10-6-2-4-8-12(10)14-15/h2-9H,1H3. The van der Waals surface area contributed by atoms with E-state index in [9.17, 15) is 0 Å². The lowest BCUT2D eigenvalue weighted by molar-refractivity contribution is 0.634. The van der Waals surface area contributed by atoms with Crippen molar-refractivity contribution in [3.8, 4) is 16.9 Å². The Hall–Kier alpha value is -0.980. The normalized spacial score (nSPS) is 17.2. The average Bonchev–Trinajstić information content (AvgIpc) is 2.38. The van der Waals surface area contributed by atoms with Crippen LogP contribution in [0, 0.1) is 0 Å². The summed E-state index contributed by atoms with van der Waals surface area (Å²) in [7, 11) is -0.555. The van der Waals surface area contributed by atoms with Gasteiger partial charge in [0.1, 0.15) is 5.75 Å². The van der Waals surface area contributed by atoms with Gasteiger partial charge in [-0.05, 0) is 24.0 Å². The van der Waals surface area contributed by atoms with E-state index in [1.807, 2.05) is 6.07 Å². The molecule has 16 heavy (non-hydrogen) atoms. The summed E-state index contributed by atoms with van der Waals surface area (Å²) < 4.78 is 6.04. The van der Waals surface area contributed by atoms with Crippen molar-refractivity contribution < 1.29 is 4.52 Å². The molecule has 0 spiro atoms. The predicted octanol–water partition coefficient (Wildman–Crippen LogP) is 4.05. The number of benzene rings is 2. The summed E-state index contributed by atoms with van der Waals surface area (Å²) in [5.41, 5.74) is 2.54. The molecule has 1 atom stereocenters. The third kappa shape index (κ3) is 1.53. The van der Waals surface area contributed by atoms with Gasteiger partial charge >= 0.3 is 0 Å². The molecule has 1 nitrogen and oxygen atoms in total.